The number of anilines is 1. The van der Waals surface area contributed by atoms with Gasteiger partial charge >= 0.3 is 0 Å². The third-order valence-electron chi connectivity index (χ3n) is 4.98. The number of nitrogen functional groups attached to an aromatic ring is 1. The summed E-state index contributed by atoms with van der Waals surface area (Å²) in [6.45, 7) is 1.17. The Morgan fingerprint density at radius 3 is 2.81 bits per heavy atom. The Morgan fingerprint density at radius 2 is 2.07 bits per heavy atom. The van der Waals surface area contributed by atoms with Crippen molar-refractivity contribution >= 4 is 23.2 Å². The van der Waals surface area contributed by atoms with Crippen LogP contribution in [0.2, 0.25) is 5.15 Å². The summed E-state index contributed by atoms with van der Waals surface area (Å²) in [6, 6.07) is 9.77. The highest BCUT2D eigenvalue weighted by Gasteiger charge is 2.32. The number of benzene rings is 1. The van der Waals surface area contributed by atoms with E-state index in [1.807, 2.05) is 35.2 Å². The van der Waals surface area contributed by atoms with Crippen LogP contribution in [0.25, 0.3) is 0 Å². The third kappa shape index (κ3) is 3.42. The number of carbonyl (C=O) groups is 1. The number of H-pyrrole nitrogens is 1. The van der Waals surface area contributed by atoms with Crippen molar-refractivity contribution in [2.24, 2.45) is 0 Å². The van der Waals surface area contributed by atoms with E-state index in [9.17, 15) is 4.79 Å². The molecule has 0 saturated carbocycles. The van der Waals surface area contributed by atoms with Crippen molar-refractivity contribution < 1.29 is 4.79 Å². The topological polar surface area (TPSA) is 92.8 Å². The number of nitrogens with zero attached hydrogens (tertiary/aromatic N) is 4. The van der Waals surface area contributed by atoms with Crippen LogP contribution in [0.3, 0.4) is 0 Å². The number of hydrogen-bond acceptors (Lipinski definition) is 4. The highest BCUT2D eigenvalue weighted by atomic mass is 35.5. The van der Waals surface area contributed by atoms with Crippen molar-refractivity contribution in [1.82, 2.24) is 24.9 Å². The Balaban J connectivity index is 1.59. The average Bonchev–Trinajstić information content (AvgIpc) is 3.28. The molecule has 1 aliphatic rings. The van der Waals surface area contributed by atoms with E-state index < -0.39 is 0 Å². The summed E-state index contributed by atoms with van der Waals surface area (Å²) in [7, 11) is 0. The van der Waals surface area contributed by atoms with Crippen LogP contribution in [0, 0.1) is 0 Å². The summed E-state index contributed by atoms with van der Waals surface area (Å²) >= 11 is 6.50. The molecule has 0 radical (unpaired) electrons. The predicted octanol–water partition coefficient (Wildman–Crippen LogP) is 3.26. The fraction of sp³-hybridized carbons (Fsp3) is 0.316. The second-order valence-electron chi connectivity index (χ2n) is 6.74. The van der Waals surface area contributed by atoms with Crippen molar-refractivity contribution in [2.75, 3.05) is 12.3 Å². The Labute approximate surface area is 162 Å². The SMILES string of the molecule is Nc1cn[nH]c1C1CCCCN1C(=O)c1cnn(Cc2ccccc2)c1Cl. The molecule has 140 valence electrons. The molecule has 1 aliphatic heterocycles. The van der Waals surface area contributed by atoms with E-state index in [-0.39, 0.29) is 11.9 Å². The van der Waals surface area contributed by atoms with Crippen molar-refractivity contribution in [1.29, 1.82) is 0 Å². The summed E-state index contributed by atoms with van der Waals surface area (Å²) in [6.07, 6.45) is 5.96. The smallest absolute Gasteiger partial charge is 0.259 e. The first-order chi connectivity index (χ1) is 13.1. The molecular weight excluding hydrogens is 364 g/mol. The quantitative estimate of drug-likeness (QED) is 0.722. The molecule has 1 atom stereocenters. The van der Waals surface area contributed by atoms with E-state index in [1.165, 1.54) is 0 Å². The minimum absolute atomic E-state index is 0.123. The summed E-state index contributed by atoms with van der Waals surface area (Å²) < 4.78 is 1.65. The van der Waals surface area contributed by atoms with Crippen LogP contribution in [0.1, 0.15) is 46.9 Å². The molecule has 1 fully saturated rings. The molecule has 0 spiro atoms. The molecular formula is C19H21ClN6O. The fourth-order valence-electron chi connectivity index (χ4n) is 3.58. The number of amides is 1. The lowest BCUT2D eigenvalue weighted by atomic mass is 9.98. The van der Waals surface area contributed by atoms with Gasteiger partial charge < -0.3 is 10.6 Å². The molecule has 7 nitrogen and oxygen atoms in total. The Morgan fingerprint density at radius 1 is 1.26 bits per heavy atom. The molecule has 1 saturated heterocycles. The number of piperidine rings is 1. The molecule has 4 rings (SSSR count). The van der Waals surface area contributed by atoms with E-state index in [4.69, 9.17) is 17.3 Å². The lowest BCUT2D eigenvalue weighted by Gasteiger charge is -2.35. The van der Waals surface area contributed by atoms with Gasteiger partial charge in [0.2, 0.25) is 0 Å². The molecule has 3 heterocycles. The van der Waals surface area contributed by atoms with Gasteiger partial charge in [-0.2, -0.15) is 10.2 Å². The molecule has 2 aromatic heterocycles. The van der Waals surface area contributed by atoms with E-state index in [2.05, 4.69) is 15.3 Å². The standard InChI is InChI=1S/C19H21ClN6O/c20-18-14(10-23-26(18)12-13-6-2-1-3-7-13)19(27)25-9-5-4-8-16(25)17-15(21)11-22-24-17/h1-3,6-7,10-11,16H,4-5,8-9,12,21H2,(H,22,24). The largest absolute Gasteiger partial charge is 0.396 e. The number of rotatable bonds is 4. The van der Waals surface area contributed by atoms with Gasteiger partial charge in [-0.15, -0.1) is 0 Å². The number of aromatic amines is 1. The van der Waals surface area contributed by atoms with Crippen molar-refractivity contribution in [2.45, 2.75) is 31.8 Å². The van der Waals surface area contributed by atoms with Crippen LogP contribution in [0.15, 0.2) is 42.7 Å². The van der Waals surface area contributed by atoms with Gasteiger partial charge in [0, 0.05) is 6.54 Å². The Bertz CT molecular complexity index is 935. The van der Waals surface area contributed by atoms with E-state index >= 15 is 0 Å². The first kappa shape index (κ1) is 17.6. The summed E-state index contributed by atoms with van der Waals surface area (Å²) in [5.41, 5.74) is 8.87. The molecule has 3 aromatic rings. The zero-order valence-corrected chi connectivity index (χ0v) is 15.6. The lowest BCUT2D eigenvalue weighted by molar-refractivity contribution is 0.0607. The number of halogens is 1. The normalized spacial score (nSPS) is 17.2. The number of aromatic nitrogens is 4. The molecule has 0 bridgehead atoms. The van der Waals surface area contributed by atoms with Gasteiger partial charge in [0.25, 0.3) is 5.91 Å². The van der Waals surface area contributed by atoms with Crippen LogP contribution >= 0.6 is 11.6 Å². The number of carbonyl (C=O) groups excluding carboxylic acids is 1. The summed E-state index contributed by atoms with van der Waals surface area (Å²) in [5, 5.41) is 11.6. The lowest BCUT2D eigenvalue weighted by Crippen LogP contribution is -2.39. The monoisotopic (exact) mass is 384 g/mol. The van der Waals surface area contributed by atoms with Gasteiger partial charge in [-0.3, -0.25) is 9.89 Å². The number of hydrogen-bond donors (Lipinski definition) is 2. The third-order valence-corrected chi connectivity index (χ3v) is 5.38. The molecule has 1 amide bonds. The van der Waals surface area contributed by atoms with Crippen LogP contribution in [-0.4, -0.2) is 37.3 Å². The number of nitrogens with two attached hydrogens (primary N) is 1. The zero-order chi connectivity index (χ0) is 18.8. The van der Waals surface area contributed by atoms with Gasteiger partial charge in [0.1, 0.15) is 5.15 Å². The second-order valence-corrected chi connectivity index (χ2v) is 7.10. The molecule has 3 N–H and O–H groups in total. The zero-order valence-electron chi connectivity index (χ0n) is 14.8. The highest BCUT2D eigenvalue weighted by Crippen LogP contribution is 2.34. The van der Waals surface area contributed by atoms with E-state index in [0.717, 1.165) is 30.5 Å². The molecule has 1 aromatic carbocycles. The van der Waals surface area contributed by atoms with Gasteiger partial charge in [0.15, 0.2) is 0 Å². The van der Waals surface area contributed by atoms with Crippen molar-refractivity contribution in [3.8, 4) is 0 Å². The minimum atomic E-state index is -0.127. The van der Waals surface area contributed by atoms with Crippen LogP contribution in [0.5, 0.6) is 0 Å². The number of likely N-dealkylation sites (tertiary alicyclic amines) is 1. The average molecular weight is 385 g/mol. The van der Waals surface area contributed by atoms with Gasteiger partial charge in [-0.25, -0.2) is 4.68 Å². The predicted molar refractivity (Wildman–Crippen MR) is 103 cm³/mol. The molecule has 0 aliphatic carbocycles. The summed E-state index contributed by atoms with van der Waals surface area (Å²) in [4.78, 5) is 15.0. The molecule has 27 heavy (non-hydrogen) atoms. The van der Waals surface area contributed by atoms with Gasteiger partial charge in [-0.05, 0) is 24.8 Å². The van der Waals surface area contributed by atoms with E-state index in [0.29, 0.717) is 29.5 Å². The minimum Gasteiger partial charge on any atom is -0.396 e. The highest BCUT2D eigenvalue weighted by molar-refractivity contribution is 6.32. The van der Waals surface area contributed by atoms with Gasteiger partial charge in [-0.1, -0.05) is 41.9 Å². The summed E-state index contributed by atoms with van der Waals surface area (Å²) in [5.74, 6) is -0.127. The maximum atomic E-state index is 13.2. The number of nitrogens with one attached hydrogen (secondary N) is 1. The molecule has 8 heteroatoms. The van der Waals surface area contributed by atoms with Crippen molar-refractivity contribution in [3.63, 3.8) is 0 Å². The maximum absolute atomic E-state index is 13.2. The van der Waals surface area contributed by atoms with Crippen LogP contribution in [-0.2, 0) is 6.54 Å². The van der Waals surface area contributed by atoms with Crippen molar-refractivity contribution in [3.05, 3.63) is 64.7 Å². The fourth-order valence-corrected chi connectivity index (χ4v) is 3.82. The second kappa shape index (κ2) is 7.44. The molecule has 1 unspecified atom stereocenters. The first-order valence-corrected chi connectivity index (χ1v) is 9.38. The maximum Gasteiger partial charge on any atom is 0.259 e. The first-order valence-electron chi connectivity index (χ1n) is 9.00. The Hall–Kier alpha value is -2.80. The Kier molecular flexibility index (Phi) is 4.85. The van der Waals surface area contributed by atoms with E-state index in [1.54, 1.807) is 17.1 Å². The van der Waals surface area contributed by atoms with Crippen LogP contribution in [0.4, 0.5) is 5.69 Å². The van der Waals surface area contributed by atoms with Gasteiger partial charge in [0.05, 0.1) is 41.9 Å². The van der Waals surface area contributed by atoms with Crippen LogP contribution < -0.4 is 5.73 Å².